The average Bonchev–Trinajstić information content (AvgIpc) is 2.95. The van der Waals surface area contributed by atoms with E-state index < -0.39 is 35.0 Å². The van der Waals surface area contributed by atoms with Gasteiger partial charge in [0.15, 0.2) is 0 Å². The zero-order valence-electron chi connectivity index (χ0n) is 16.8. The highest BCUT2D eigenvalue weighted by Crippen LogP contribution is 2.36. The van der Waals surface area contributed by atoms with Crippen LogP contribution < -0.4 is 5.56 Å². The van der Waals surface area contributed by atoms with E-state index in [1.807, 2.05) is 0 Å². The minimum atomic E-state index is -4.49. The van der Waals surface area contributed by atoms with Gasteiger partial charge in [-0.15, -0.1) is 0 Å². The summed E-state index contributed by atoms with van der Waals surface area (Å²) in [5.74, 6) is 0. The zero-order chi connectivity index (χ0) is 21.6. The molecular weight excluding hydrogens is 387 g/mol. The maximum atomic E-state index is 13.4. The van der Waals surface area contributed by atoms with Crippen molar-refractivity contribution in [3.05, 3.63) is 57.0 Å². The van der Waals surface area contributed by atoms with Crippen LogP contribution in [0.25, 0.3) is 0 Å². The summed E-state index contributed by atoms with van der Waals surface area (Å²) in [7, 11) is 0. The first-order valence-corrected chi connectivity index (χ1v) is 9.35. The number of alkyl halides is 3. The largest absolute Gasteiger partial charge is 0.444 e. The topological polar surface area (TPSA) is 67.3 Å². The molecule has 1 aromatic carbocycles. The molecule has 1 aliphatic rings. The Morgan fingerprint density at radius 1 is 1.21 bits per heavy atom. The standard InChI is InChI=1S/C20H24F3N3O3/c1-12(13-7-5-6-8-15(13)20(21,22)23)26-16-9-10-25(11-14(16)17(27)24-26)18(28)29-19(2,3)4/h5-8,12H,9-11H2,1-4H3,(H,24,27). The second kappa shape index (κ2) is 7.27. The summed E-state index contributed by atoms with van der Waals surface area (Å²) in [5, 5.41) is 2.65. The second-order valence-electron chi connectivity index (χ2n) is 8.15. The van der Waals surface area contributed by atoms with Crippen LogP contribution >= 0.6 is 0 Å². The van der Waals surface area contributed by atoms with E-state index in [0.29, 0.717) is 24.2 Å². The fraction of sp³-hybridized carbons (Fsp3) is 0.500. The number of hydrogen-bond acceptors (Lipinski definition) is 3. The lowest BCUT2D eigenvalue weighted by atomic mass is 10.00. The Hall–Kier alpha value is -2.71. The van der Waals surface area contributed by atoms with Gasteiger partial charge < -0.3 is 9.64 Å². The molecular formula is C20H24F3N3O3. The number of ether oxygens (including phenoxy) is 1. The summed E-state index contributed by atoms with van der Waals surface area (Å²) in [5.41, 5.74) is -0.751. The van der Waals surface area contributed by atoms with Crippen molar-refractivity contribution >= 4 is 6.09 Å². The maximum Gasteiger partial charge on any atom is 0.416 e. The molecule has 6 nitrogen and oxygen atoms in total. The van der Waals surface area contributed by atoms with Crippen LogP contribution in [0.3, 0.4) is 0 Å². The van der Waals surface area contributed by atoms with E-state index in [-0.39, 0.29) is 12.1 Å². The molecule has 158 valence electrons. The first-order chi connectivity index (χ1) is 13.4. The average molecular weight is 411 g/mol. The van der Waals surface area contributed by atoms with Crippen LogP contribution in [0.5, 0.6) is 0 Å². The Labute approximate surface area is 166 Å². The third-order valence-corrected chi connectivity index (χ3v) is 4.86. The molecule has 1 atom stereocenters. The number of hydrogen-bond donors (Lipinski definition) is 1. The minimum Gasteiger partial charge on any atom is -0.444 e. The first-order valence-electron chi connectivity index (χ1n) is 9.35. The Kier molecular flexibility index (Phi) is 5.27. The third-order valence-electron chi connectivity index (χ3n) is 4.86. The molecule has 2 heterocycles. The van der Waals surface area contributed by atoms with Crippen LogP contribution in [-0.4, -0.2) is 32.9 Å². The van der Waals surface area contributed by atoms with Crippen LogP contribution in [0, 0.1) is 0 Å². The molecule has 0 spiro atoms. The number of nitrogens with one attached hydrogen (secondary N) is 1. The Morgan fingerprint density at radius 3 is 2.48 bits per heavy atom. The number of fused-ring (bicyclic) bond motifs is 1. The van der Waals surface area contributed by atoms with E-state index in [1.165, 1.54) is 21.7 Å². The summed E-state index contributed by atoms with van der Waals surface area (Å²) in [4.78, 5) is 26.2. The third kappa shape index (κ3) is 4.33. The van der Waals surface area contributed by atoms with Gasteiger partial charge in [0.2, 0.25) is 0 Å². The van der Waals surface area contributed by atoms with Crippen molar-refractivity contribution in [3.63, 3.8) is 0 Å². The van der Waals surface area contributed by atoms with Crippen LogP contribution in [0.15, 0.2) is 29.1 Å². The molecule has 2 aromatic rings. The minimum absolute atomic E-state index is 0.0558. The van der Waals surface area contributed by atoms with Crippen molar-refractivity contribution in [1.82, 2.24) is 14.7 Å². The molecule has 0 saturated carbocycles. The van der Waals surface area contributed by atoms with Crippen molar-refractivity contribution in [2.45, 2.75) is 58.5 Å². The lowest BCUT2D eigenvalue weighted by Gasteiger charge is -2.30. The molecule has 1 aliphatic heterocycles. The molecule has 29 heavy (non-hydrogen) atoms. The Balaban J connectivity index is 1.92. The predicted molar refractivity (Wildman–Crippen MR) is 101 cm³/mol. The van der Waals surface area contributed by atoms with Gasteiger partial charge in [0.05, 0.1) is 23.7 Å². The van der Waals surface area contributed by atoms with E-state index >= 15 is 0 Å². The molecule has 0 bridgehead atoms. The van der Waals surface area contributed by atoms with Gasteiger partial charge in [0, 0.05) is 18.7 Å². The monoisotopic (exact) mass is 411 g/mol. The molecule has 9 heteroatoms. The number of rotatable bonds is 2. The van der Waals surface area contributed by atoms with Crippen molar-refractivity contribution in [2.24, 2.45) is 0 Å². The number of carbonyl (C=O) groups excluding carboxylic acids is 1. The van der Waals surface area contributed by atoms with E-state index in [2.05, 4.69) is 5.10 Å². The summed E-state index contributed by atoms with van der Waals surface area (Å²) in [6.45, 7) is 7.24. The smallest absolute Gasteiger partial charge is 0.416 e. The highest BCUT2D eigenvalue weighted by atomic mass is 19.4. The maximum absolute atomic E-state index is 13.4. The van der Waals surface area contributed by atoms with Gasteiger partial charge in [-0.05, 0) is 39.3 Å². The molecule has 0 fully saturated rings. The van der Waals surface area contributed by atoms with Gasteiger partial charge in [-0.25, -0.2) is 4.79 Å². The molecule has 1 unspecified atom stereocenters. The van der Waals surface area contributed by atoms with Crippen molar-refractivity contribution in [2.75, 3.05) is 6.54 Å². The number of aromatic amines is 1. The van der Waals surface area contributed by atoms with Gasteiger partial charge in [0.25, 0.3) is 5.56 Å². The molecule has 1 N–H and O–H groups in total. The quantitative estimate of drug-likeness (QED) is 0.809. The molecule has 1 amide bonds. The van der Waals surface area contributed by atoms with Gasteiger partial charge in [0.1, 0.15) is 5.60 Å². The SMILES string of the molecule is CC(c1ccccc1C(F)(F)F)n1[nH]c(=O)c2c1CCN(C(=O)OC(C)(C)C)C2. The lowest BCUT2D eigenvalue weighted by Crippen LogP contribution is -2.41. The predicted octanol–water partition coefficient (Wildman–Crippen LogP) is 4.10. The number of halogens is 3. The van der Waals surface area contributed by atoms with Gasteiger partial charge in [-0.1, -0.05) is 18.2 Å². The Morgan fingerprint density at radius 2 is 1.86 bits per heavy atom. The normalized spacial score (nSPS) is 15.8. The van der Waals surface area contributed by atoms with Crippen molar-refractivity contribution in [1.29, 1.82) is 0 Å². The number of aromatic nitrogens is 2. The van der Waals surface area contributed by atoms with Crippen molar-refractivity contribution < 1.29 is 22.7 Å². The van der Waals surface area contributed by atoms with Crippen LogP contribution in [0.4, 0.5) is 18.0 Å². The molecule has 0 radical (unpaired) electrons. The summed E-state index contributed by atoms with van der Waals surface area (Å²) in [6, 6.07) is 4.60. The second-order valence-corrected chi connectivity index (χ2v) is 8.15. The van der Waals surface area contributed by atoms with E-state index in [4.69, 9.17) is 4.74 Å². The fourth-order valence-electron chi connectivity index (χ4n) is 3.54. The number of benzene rings is 1. The lowest BCUT2D eigenvalue weighted by molar-refractivity contribution is -0.138. The van der Waals surface area contributed by atoms with E-state index in [1.54, 1.807) is 33.8 Å². The highest BCUT2D eigenvalue weighted by molar-refractivity contribution is 5.68. The zero-order valence-corrected chi connectivity index (χ0v) is 16.8. The molecule has 0 aliphatic carbocycles. The van der Waals surface area contributed by atoms with Crippen LogP contribution in [-0.2, 0) is 23.9 Å². The number of nitrogens with zero attached hydrogens (tertiary/aromatic N) is 2. The molecule has 1 aromatic heterocycles. The van der Waals surface area contributed by atoms with Gasteiger partial charge >= 0.3 is 12.3 Å². The highest BCUT2D eigenvalue weighted by Gasteiger charge is 2.36. The molecule has 3 rings (SSSR count). The summed E-state index contributed by atoms with van der Waals surface area (Å²) >= 11 is 0. The summed E-state index contributed by atoms with van der Waals surface area (Å²) < 4.78 is 47.0. The van der Waals surface area contributed by atoms with Gasteiger partial charge in [-0.2, -0.15) is 13.2 Å². The van der Waals surface area contributed by atoms with Gasteiger partial charge in [-0.3, -0.25) is 14.6 Å². The number of amides is 1. The van der Waals surface area contributed by atoms with E-state index in [0.717, 1.165) is 6.07 Å². The summed E-state index contributed by atoms with van der Waals surface area (Å²) in [6.07, 6.45) is -4.68. The fourth-order valence-corrected chi connectivity index (χ4v) is 3.54. The van der Waals surface area contributed by atoms with Crippen LogP contribution in [0.1, 0.15) is 56.1 Å². The number of carbonyl (C=O) groups is 1. The number of H-pyrrole nitrogens is 1. The van der Waals surface area contributed by atoms with E-state index in [9.17, 15) is 22.8 Å². The van der Waals surface area contributed by atoms with Crippen LogP contribution in [0.2, 0.25) is 0 Å². The first kappa shape index (κ1) is 21.0. The Bertz CT molecular complexity index is 970. The molecule has 0 saturated heterocycles. The van der Waals surface area contributed by atoms with Crippen molar-refractivity contribution in [3.8, 4) is 0 Å².